The molecule has 1 aromatic heterocycles. The summed E-state index contributed by atoms with van der Waals surface area (Å²) in [7, 11) is 0. The van der Waals surface area contributed by atoms with Crippen LogP contribution in [-0.2, 0) is 6.42 Å². The number of hydrogen-bond acceptors (Lipinski definition) is 3. The predicted octanol–water partition coefficient (Wildman–Crippen LogP) is 2.35. The molecule has 0 fully saturated rings. The van der Waals surface area contributed by atoms with Crippen LogP contribution in [0.2, 0.25) is 0 Å². The smallest absolute Gasteiger partial charge is 0.113 e. The van der Waals surface area contributed by atoms with E-state index < -0.39 is 0 Å². The third-order valence-electron chi connectivity index (χ3n) is 2.59. The van der Waals surface area contributed by atoms with E-state index in [1.165, 1.54) is 0 Å². The summed E-state index contributed by atoms with van der Waals surface area (Å²) in [6.07, 6.45) is 1.95. The highest BCUT2D eigenvalue weighted by atomic mass is 16.4. The Bertz CT molecular complexity index is 352. The molecule has 0 bridgehead atoms. The van der Waals surface area contributed by atoms with Crippen molar-refractivity contribution in [3.8, 4) is 0 Å². The molecular weight excluding hydrogens is 166 g/mol. The van der Waals surface area contributed by atoms with Gasteiger partial charge in [-0.25, -0.2) is 0 Å². The summed E-state index contributed by atoms with van der Waals surface area (Å²) >= 11 is 0. The highest BCUT2D eigenvalue weighted by molar-refractivity contribution is 6.03. The van der Waals surface area contributed by atoms with E-state index in [1.807, 2.05) is 13.0 Å². The maximum absolute atomic E-state index is 8.86. The number of furan rings is 1. The summed E-state index contributed by atoms with van der Waals surface area (Å²) in [6, 6.07) is 1.94. The average molecular weight is 179 g/mol. The van der Waals surface area contributed by atoms with Crippen LogP contribution in [0.5, 0.6) is 0 Å². The van der Waals surface area contributed by atoms with E-state index in [1.54, 1.807) is 0 Å². The van der Waals surface area contributed by atoms with Crippen LogP contribution < -0.4 is 0 Å². The fourth-order valence-electron chi connectivity index (χ4n) is 1.87. The molecule has 1 atom stereocenters. The normalized spacial score (nSPS) is 24.8. The maximum Gasteiger partial charge on any atom is 0.113 e. The highest BCUT2D eigenvalue weighted by Crippen LogP contribution is 2.28. The van der Waals surface area contributed by atoms with Crippen LogP contribution in [0, 0.1) is 12.8 Å². The molecule has 3 heteroatoms. The first-order valence-electron chi connectivity index (χ1n) is 4.54. The van der Waals surface area contributed by atoms with Crippen molar-refractivity contribution in [3.05, 3.63) is 23.2 Å². The number of nitrogens with zero attached hydrogens (tertiary/aromatic N) is 1. The molecule has 1 aliphatic carbocycles. The molecule has 1 heterocycles. The molecule has 1 unspecified atom stereocenters. The molecule has 13 heavy (non-hydrogen) atoms. The Morgan fingerprint density at radius 1 is 1.62 bits per heavy atom. The minimum Gasteiger partial charge on any atom is -0.466 e. The van der Waals surface area contributed by atoms with E-state index in [9.17, 15) is 0 Å². The molecule has 0 amide bonds. The van der Waals surface area contributed by atoms with Gasteiger partial charge in [-0.05, 0) is 19.4 Å². The first-order chi connectivity index (χ1) is 6.22. The van der Waals surface area contributed by atoms with Crippen LogP contribution in [0.3, 0.4) is 0 Å². The summed E-state index contributed by atoms with van der Waals surface area (Å²) in [6.45, 7) is 3.98. The van der Waals surface area contributed by atoms with Crippen molar-refractivity contribution in [2.45, 2.75) is 26.7 Å². The average Bonchev–Trinajstić information content (AvgIpc) is 2.45. The van der Waals surface area contributed by atoms with Crippen LogP contribution in [0.25, 0.3) is 0 Å². The number of aryl methyl sites for hydroxylation is 2. The number of fused-ring (bicyclic) bond motifs is 1. The van der Waals surface area contributed by atoms with E-state index >= 15 is 0 Å². The van der Waals surface area contributed by atoms with Gasteiger partial charge in [-0.1, -0.05) is 12.1 Å². The summed E-state index contributed by atoms with van der Waals surface area (Å²) in [5.41, 5.74) is 1.75. The molecule has 1 N–H and O–H groups in total. The van der Waals surface area contributed by atoms with Crippen molar-refractivity contribution in [1.29, 1.82) is 0 Å². The van der Waals surface area contributed by atoms with Gasteiger partial charge in [-0.2, -0.15) is 0 Å². The third-order valence-corrected chi connectivity index (χ3v) is 2.59. The summed E-state index contributed by atoms with van der Waals surface area (Å²) in [5, 5.41) is 12.2. The minimum atomic E-state index is 0.328. The molecule has 0 radical (unpaired) electrons. The van der Waals surface area contributed by atoms with Crippen molar-refractivity contribution in [2.24, 2.45) is 11.1 Å². The van der Waals surface area contributed by atoms with Crippen molar-refractivity contribution < 1.29 is 9.62 Å². The van der Waals surface area contributed by atoms with E-state index in [0.29, 0.717) is 5.92 Å². The third kappa shape index (κ3) is 1.24. The Hall–Kier alpha value is -1.25. The topological polar surface area (TPSA) is 45.7 Å². The summed E-state index contributed by atoms with van der Waals surface area (Å²) in [5.74, 6) is 2.18. The van der Waals surface area contributed by atoms with E-state index in [2.05, 4.69) is 12.1 Å². The second-order valence-corrected chi connectivity index (χ2v) is 3.62. The van der Waals surface area contributed by atoms with Gasteiger partial charge >= 0.3 is 0 Å². The Morgan fingerprint density at radius 3 is 3.08 bits per heavy atom. The molecule has 0 saturated heterocycles. The highest BCUT2D eigenvalue weighted by Gasteiger charge is 2.25. The molecule has 70 valence electrons. The van der Waals surface area contributed by atoms with E-state index in [4.69, 9.17) is 9.62 Å². The molecule has 1 aromatic rings. The SMILES string of the molecule is Cc1cc2c(o1)CCC(C)/C2=N/O. The van der Waals surface area contributed by atoms with Gasteiger partial charge in [0, 0.05) is 17.9 Å². The standard InChI is InChI=1S/C10H13NO2/c1-6-3-4-9-8(10(6)11-12)5-7(2)13-9/h5-6,12H,3-4H2,1-2H3/b11-10-. The van der Waals surface area contributed by atoms with Gasteiger partial charge in [0.25, 0.3) is 0 Å². The van der Waals surface area contributed by atoms with Crippen LogP contribution in [-0.4, -0.2) is 10.9 Å². The summed E-state index contributed by atoms with van der Waals surface area (Å²) in [4.78, 5) is 0. The van der Waals surface area contributed by atoms with Crippen molar-refractivity contribution >= 4 is 5.71 Å². The Kier molecular flexibility index (Phi) is 1.87. The number of rotatable bonds is 0. The first kappa shape index (κ1) is 8.35. The molecular formula is C10H13NO2. The van der Waals surface area contributed by atoms with Gasteiger partial charge in [-0.3, -0.25) is 0 Å². The lowest BCUT2D eigenvalue weighted by atomic mass is 9.87. The van der Waals surface area contributed by atoms with Crippen LogP contribution in [0.4, 0.5) is 0 Å². The fraction of sp³-hybridized carbons (Fsp3) is 0.500. The Morgan fingerprint density at radius 2 is 2.38 bits per heavy atom. The van der Waals surface area contributed by atoms with Crippen molar-refractivity contribution in [2.75, 3.05) is 0 Å². The van der Waals surface area contributed by atoms with Gasteiger partial charge in [0.15, 0.2) is 0 Å². The number of oxime groups is 1. The quantitative estimate of drug-likeness (QED) is 0.490. The van der Waals surface area contributed by atoms with Crippen molar-refractivity contribution in [3.63, 3.8) is 0 Å². The van der Waals surface area contributed by atoms with E-state index in [0.717, 1.165) is 35.6 Å². The van der Waals surface area contributed by atoms with Crippen molar-refractivity contribution in [1.82, 2.24) is 0 Å². The lowest BCUT2D eigenvalue weighted by Crippen LogP contribution is -2.19. The molecule has 3 nitrogen and oxygen atoms in total. The van der Waals surface area contributed by atoms with Crippen LogP contribution in [0.1, 0.15) is 30.4 Å². The van der Waals surface area contributed by atoms with Crippen LogP contribution >= 0.6 is 0 Å². The lowest BCUT2D eigenvalue weighted by Gasteiger charge is -2.17. The van der Waals surface area contributed by atoms with Gasteiger partial charge in [0.1, 0.15) is 11.5 Å². The maximum atomic E-state index is 8.86. The first-order valence-corrected chi connectivity index (χ1v) is 4.54. The van der Waals surface area contributed by atoms with Gasteiger partial charge in [0.2, 0.25) is 0 Å². The minimum absolute atomic E-state index is 0.328. The second-order valence-electron chi connectivity index (χ2n) is 3.62. The molecule has 2 rings (SSSR count). The van der Waals surface area contributed by atoms with Crippen LogP contribution in [0.15, 0.2) is 15.6 Å². The molecule has 0 aromatic carbocycles. The monoisotopic (exact) mass is 179 g/mol. The molecule has 0 spiro atoms. The predicted molar refractivity (Wildman–Crippen MR) is 49.3 cm³/mol. The summed E-state index contributed by atoms with van der Waals surface area (Å²) < 4.78 is 5.49. The zero-order valence-corrected chi connectivity index (χ0v) is 7.87. The van der Waals surface area contributed by atoms with Gasteiger partial charge in [-0.15, -0.1) is 0 Å². The zero-order valence-electron chi connectivity index (χ0n) is 7.87. The van der Waals surface area contributed by atoms with Gasteiger partial charge in [0.05, 0.1) is 5.71 Å². The Balaban J connectivity index is 2.51. The van der Waals surface area contributed by atoms with Gasteiger partial charge < -0.3 is 9.62 Å². The fourth-order valence-corrected chi connectivity index (χ4v) is 1.87. The lowest BCUT2D eigenvalue weighted by molar-refractivity contribution is 0.313. The largest absolute Gasteiger partial charge is 0.466 e. The second kappa shape index (κ2) is 2.91. The Labute approximate surface area is 77.1 Å². The molecule has 0 saturated carbocycles. The molecule has 1 aliphatic rings. The zero-order chi connectivity index (χ0) is 9.42. The number of hydrogen-bond donors (Lipinski definition) is 1. The molecule has 0 aliphatic heterocycles. The van der Waals surface area contributed by atoms with E-state index in [-0.39, 0.29) is 0 Å².